The average Bonchev–Trinajstić information content (AvgIpc) is 2.69. The van der Waals surface area contributed by atoms with E-state index in [2.05, 4.69) is 0 Å². The Hall–Kier alpha value is -0.240. The van der Waals surface area contributed by atoms with Crippen LogP contribution >= 0.6 is 0 Å². The molecule has 6 heteroatoms. The highest BCUT2D eigenvalue weighted by Crippen LogP contribution is 2.02. The van der Waals surface area contributed by atoms with E-state index in [9.17, 15) is 0 Å². The van der Waals surface area contributed by atoms with E-state index in [0.29, 0.717) is 20.0 Å². The highest BCUT2D eigenvalue weighted by atomic mass is 16.7. The lowest BCUT2D eigenvalue weighted by molar-refractivity contribution is -0.103. The first-order valence-electron chi connectivity index (χ1n) is 4.46. The van der Waals surface area contributed by atoms with Gasteiger partial charge in [-0.05, 0) is 0 Å². The minimum absolute atomic E-state index is 0.0265. The van der Waals surface area contributed by atoms with E-state index >= 15 is 0 Å². The van der Waals surface area contributed by atoms with Crippen molar-refractivity contribution in [3.05, 3.63) is 0 Å². The van der Waals surface area contributed by atoms with Crippen LogP contribution in [0.5, 0.6) is 0 Å². The zero-order valence-corrected chi connectivity index (χ0v) is 7.92. The standard InChI is InChI=1S/C8H16O6/c9-1-7(10)2-11-5-12-3-8-4-13-6-14-8/h7-10H,1-6H2. The molecule has 14 heavy (non-hydrogen) atoms. The van der Waals surface area contributed by atoms with Crippen molar-refractivity contribution >= 4 is 0 Å². The molecule has 2 atom stereocenters. The van der Waals surface area contributed by atoms with Crippen molar-refractivity contribution in [3.8, 4) is 0 Å². The summed E-state index contributed by atoms with van der Waals surface area (Å²) in [6.45, 7) is 1.11. The second kappa shape index (κ2) is 7.10. The van der Waals surface area contributed by atoms with Crippen LogP contribution in [0, 0.1) is 0 Å². The Bertz CT molecular complexity index is 136. The predicted molar refractivity (Wildman–Crippen MR) is 45.6 cm³/mol. The molecule has 1 saturated heterocycles. The summed E-state index contributed by atoms with van der Waals surface area (Å²) in [7, 11) is 0. The number of hydrogen-bond donors (Lipinski definition) is 2. The lowest BCUT2D eigenvalue weighted by atomic mass is 10.4. The van der Waals surface area contributed by atoms with E-state index in [4.69, 9.17) is 29.2 Å². The summed E-state index contributed by atoms with van der Waals surface area (Å²) in [6.07, 6.45) is -0.869. The topological polar surface area (TPSA) is 77.4 Å². The van der Waals surface area contributed by atoms with Crippen LogP contribution in [0.3, 0.4) is 0 Å². The molecule has 0 aromatic carbocycles. The van der Waals surface area contributed by atoms with Crippen LogP contribution in [-0.4, -0.2) is 62.4 Å². The van der Waals surface area contributed by atoms with E-state index in [1.54, 1.807) is 0 Å². The molecule has 1 fully saturated rings. The minimum Gasteiger partial charge on any atom is -0.394 e. The van der Waals surface area contributed by atoms with Crippen molar-refractivity contribution in [1.29, 1.82) is 0 Å². The lowest BCUT2D eigenvalue weighted by Gasteiger charge is -2.10. The van der Waals surface area contributed by atoms with Crippen LogP contribution in [0.25, 0.3) is 0 Å². The van der Waals surface area contributed by atoms with Gasteiger partial charge in [0.1, 0.15) is 25.8 Å². The van der Waals surface area contributed by atoms with Crippen molar-refractivity contribution < 1.29 is 29.2 Å². The summed E-state index contributed by atoms with van der Waals surface area (Å²) in [5.41, 5.74) is 0. The van der Waals surface area contributed by atoms with E-state index in [1.165, 1.54) is 0 Å². The molecule has 6 nitrogen and oxygen atoms in total. The molecule has 0 aliphatic carbocycles. The Kier molecular flexibility index (Phi) is 6.00. The molecular weight excluding hydrogens is 192 g/mol. The van der Waals surface area contributed by atoms with Gasteiger partial charge in [-0.2, -0.15) is 0 Å². The first kappa shape index (κ1) is 11.8. The first-order chi connectivity index (χ1) is 6.83. The summed E-state index contributed by atoms with van der Waals surface area (Å²) in [5, 5.41) is 17.4. The molecule has 0 radical (unpaired) electrons. The number of aliphatic hydroxyl groups is 2. The summed E-state index contributed by atoms with van der Waals surface area (Å²) in [5.74, 6) is 0. The maximum absolute atomic E-state index is 8.89. The van der Waals surface area contributed by atoms with Crippen molar-refractivity contribution in [1.82, 2.24) is 0 Å². The summed E-state index contributed by atoms with van der Waals surface area (Å²) in [4.78, 5) is 0. The van der Waals surface area contributed by atoms with Gasteiger partial charge in [0.05, 0.1) is 26.4 Å². The molecule has 0 saturated carbocycles. The highest BCUT2D eigenvalue weighted by molar-refractivity contribution is 4.57. The van der Waals surface area contributed by atoms with Gasteiger partial charge in [0, 0.05) is 0 Å². The second-order valence-electron chi connectivity index (χ2n) is 2.97. The quantitative estimate of drug-likeness (QED) is 0.400. The van der Waals surface area contributed by atoms with Gasteiger partial charge < -0.3 is 29.2 Å². The third kappa shape index (κ3) is 4.85. The molecule has 0 bridgehead atoms. The zero-order valence-electron chi connectivity index (χ0n) is 7.92. The summed E-state index contributed by atoms with van der Waals surface area (Å²) in [6, 6.07) is 0. The third-order valence-corrected chi connectivity index (χ3v) is 1.68. The fourth-order valence-electron chi connectivity index (χ4n) is 0.944. The van der Waals surface area contributed by atoms with Crippen molar-refractivity contribution in [3.63, 3.8) is 0 Å². The molecule has 84 valence electrons. The predicted octanol–water partition coefficient (Wildman–Crippen LogP) is -1.30. The molecule has 0 aromatic heterocycles. The van der Waals surface area contributed by atoms with Crippen LogP contribution in [-0.2, 0) is 18.9 Å². The fraction of sp³-hybridized carbons (Fsp3) is 1.00. The normalized spacial score (nSPS) is 24.0. The Balaban J connectivity index is 1.84. The van der Waals surface area contributed by atoms with Gasteiger partial charge in [-0.3, -0.25) is 0 Å². The Morgan fingerprint density at radius 1 is 1.43 bits per heavy atom. The van der Waals surface area contributed by atoms with Crippen molar-refractivity contribution in [2.75, 3.05) is 40.0 Å². The van der Waals surface area contributed by atoms with Crippen molar-refractivity contribution in [2.45, 2.75) is 12.2 Å². The van der Waals surface area contributed by atoms with E-state index in [-0.39, 0.29) is 26.1 Å². The molecule has 1 aliphatic rings. The summed E-state index contributed by atoms with van der Waals surface area (Å²) >= 11 is 0. The maximum Gasteiger partial charge on any atom is 0.147 e. The maximum atomic E-state index is 8.89. The monoisotopic (exact) mass is 208 g/mol. The van der Waals surface area contributed by atoms with E-state index in [1.807, 2.05) is 0 Å². The lowest BCUT2D eigenvalue weighted by Crippen LogP contribution is -2.22. The molecule has 2 N–H and O–H groups in total. The molecule has 1 aliphatic heterocycles. The number of ether oxygens (including phenoxy) is 4. The molecule has 0 spiro atoms. The highest BCUT2D eigenvalue weighted by Gasteiger charge is 2.15. The van der Waals surface area contributed by atoms with Crippen LogP contribution in [0.1, 0.15) is 0 Å². The molecule has 0 aromatic rings. The minimum atomic E-state index is -0.843. The largest absolute Gasteiger partial charge is 0.394 e. The van der Waals surface area contributed by atoms with Gasteiger partial charge in [0.15, 0.2) is 0 Å². The van der Waals surface area contributed by atoms with Crippen LogP contribution < -0.4 is 0 Å². The average molecular weight is 208 g/mol. The van der Waals surface area contributed by atoms with Gasteiger partial charge in [-0.15, -0.1) is 0 Å². The number of hydrogen-bond acceptors (Lipinski definition) is 6. The third-order valence-electron chi connectivity index (χ3n) is 1.68. The molecular formula is C8H16O6. The number of aliphatic hydroxyl groups excluding tert-OH is 2. The Morgan fingerprint density at radius 3 is 2.93 bits per heavy atom. The Morgan fingerprint density at radius 2 is 2.29 bits per heavy atom. The van der Waals surface area contributed by atoms with Gasteiger partial charge in [0.25, 0.3) is 0 Å². The SMILES string of the molecule is OCC(O)COCOCC1COCO1. The first-order valence-corrected chi connectivity index (χ1v) is 4.46. The molecule has 1 heterocycles. The van der Waals surface area contributed by atoms with E-state index < -0.39 is 6.10 Å². The van der Waals surface area contributed by atoms with Crippen molar-refractivity contribution in [2.24, 2.45) is 0 Å². The van der Waals surface area contributed by atoms with Crippen LogP contribution in [0.4, 0.5) is 0 Å². The number of rotatable bonds is 7. The van der Waals surface area contributed by atoms with Crippen LogP contribution in [0.15, 0.2) is 0 Å². The molecule has 1 rings (SSSR count). The van der Waals surface area contributed by atoms with Crippen LogP contribution in [0.2, 0.25) is 0 Å². The summed E-state index contributed by atoms with van der Waals surface area (Å²) < 4.78 is 20.1. The second-order valence-corrected chi connectivity index (χ2v) is 2.97. The molecule has 0 amide bonds. The van der Waals surface area contributed by atoms with Gasteiger partial charge in [-0.1, -0.05) is 0 Å². The fourth-order valence-corrected chi connectivity index (χ4v) is 0.944. The Labute approximate surface area is 82.3 Å². The van der Waals surface area contributed by atoms with Gasteiger partial charge in [0.2, 0.25) is 0 Å². The smallest absolute Gasteiger partial charge is 0.147 e. The molecule has 2 unspecified atom stereocenters. The van der Waals surface area contributed by atoms with E-state index in [0.717, 1.165) is 0 Å². The zero-order chi connectivity index (χ0) is 10.2. The van der Waals surface area contributed by atoms with Gasteiger partial charge >= 0.3 is 0 Å². The van der Waals surface area contributed by atoms with Gasteiger partial charge in [-0.25, -0.2) is 0 Å².